The van der Waals surface area contributed by atoms with Crippen LogP contribution in [0.5, 0.6) is 0 Å². The van der Waals surface area contributed by atoms with E-state index in [1.807, 2.05) is 31.2 Å². The van der Waals surface area contributed by atoms with E-state index >= 15 is 0 Å². The Morgan fingerprint density at radius 1 is 0.950 bits per heavy atom. The second-order valence-electron chi connectivity index (χ2n) is 4.67. The van der Waals surface area contributed by atoms with Gasteiger partial charge in [-0.15, -0.1) is 10.2 Å². The van der Waals surface area contributed by atoms with Gasteiger partial charge in [-0.2, -0.15) is 0 Å². The van der Waals surface area contributed by atoms with Gasteiger partial charge in [0.05, 0.1) is 6.42 Å². The van der Waals surface area contributed by atoms with E-state index in [9.17, 15) is 4.39 Å². The summed E-state index contributed by atoms with van der Waals surface area (Å²) in [7, 11) is 0. The first-order chi connectivity index (χ1) is 9.70. The standard InChI is InChI=1S/C16H13FN2O/c1-11-2-6-13(7-3-11)16-19-18-15(20-16)10-12-4-8-14(17)9-5-12/h2-9H,10H2,1H3. The Bertz CT molecular complexity index is 702. The lowest BCUT2D eigenvalue weighted by Crippen LogP contribution is -1.88. The van der Waals surface area contributed by atoms with E-state index in [1.165, 1.54) is 17.7 Å². The van der Waals surface area contributed by atoms with Crippen LogP contribution in [0.4, 0.5) is 4.39 Å². The summed E-state index contributed by atoms with van der Waals surface area (Å²) >= 11 is 0. The summed E-state index contributed by atoms with van der Waals surface area (Å²) in [5.74, 6) is 0.772. The summed E-state index contributed by atoms with van der Waals surface area (Å²) in [5.41, 5.74) is 3.01. The average molecular weight is 268 g/mol. The largest absolute Gasteiger partial charge is 0.420 e. The van der Waals surface area contributed by atoms with E-state index in [4.69, 9.17) is 4.42 Å². The molecule has 20 heavy (non-hydrogen) atoms. The number of halogens is 1. The minimum atomic E-state index is -0.250. The third-order valence-corrected chi connectivity index (χ3v) is 3.03. The van der Waals surface area contributed by atoms with Crippen LogP contribution in [0.2, 0.25) is 0 Å². The molecule has 0 amide bonds. The molecule has 3 nitrogen and oxygen atoms in total. The molecule has 0 saturated heterocycles. The van der Waals surface area contributed by atoms with Gasteiger partial charge in [0.25, 0.3) is 0 Å². The molecule has 1 heterocycles. The van der Waals surface area contributed by atoms with Crippen molar-refractivity contribution in [1.82, 2.24) is 10.2 Å². The molecule has 100 valence electrons. The van der Waals surface area contributed by atoms with E-state index in [2.05, 4.69) is 10.2 Å². The SMILES string of the molecule is Cc1ccc(-c2nnc(Cc3ccc(F)cc3)o2)cc1. The predicted molar refractivity (Wildman–Crippen MR) is 73.7 cm³/mol. The molecule has 3 rings (SSSR count). The molecule has 2 aromatic carbocycles. The zero-order chi connectivity index (χ0) is 13.9. The maximum Gasteiger partial charge on any atom is 0.247 e. The normalized spacial score (nSPS) is 10.7. The molecule has 0 N–H and O–H groups in total. The smallest absolute Gasteiger partial charge is 0.247 e. The highest BCUT2D eigenvalue weighted by atomic mass is 19.1. The third kappa shape index (κ3) is 2.74. The van der Waals surface area contributed by atoms with Gasteiger partial charge in [-0.1, -0.05) is 29.8 Å². The van der Waals surface area contributed by atoms with Gasteiger partial charge in [0.1, 0.15) is 5.82 Å². The van der Waals surface area contributed by atoms with Crippen molar-refractivity contribution in [2.45, 2.75) is 13.3 Å². The van der Waals surface area contributed by atoms with E-state index in [1.54, 1.807) is 12.1 Å². The minimum absolute atomic E-state index is 0.250. The lowest BCUT2D eigenvalue weighted by molar-refractivity contribution is 0.518. The Labute approximate surface area is 116 Å². The zero-order valence-corrected chi connectivity index (χ0v) is 11.0. The van der Waals surface area contributed by atoms with Crippen molar-refractivity contribution >= 4 is 0 Å². The van der Waals surface area contributed by atoms with E-state index in [0.29, 0.717) is 18.2 Å². The second-order valence-corrected chi connectivity index (χ2v) is 4.67. The van der Waals surface area contributed by atoms with Crippen LogP contribution in [0.15, 0.2) is 52.9 Å². The number of rotatable bonds is 3. The van der Waals surface area contributed by atoms with Gasteiger partial charge < -0.3 is 4.42 Å². The molecular weight excluding hydrogens is 255 g/mol. The Morgan fingerprint density at radius 2 is 1.65 bits per heavy atom. The summed E-state index contributed by atoms with van der Waals surface area (Å²) in [6.07, 6.45) is 0.499. The van der Waals surface area contributed by atoms with Crippen LogP contribution in [0.1, 0.15) is 17.0 Å². The Hall–Kier alpha value is -2.49. The molecule has 0 aliphatic carbocycles. The van der Waals surface area contributed by atoms with Gasteiger partial charge in [0.2, 0.25) is 11.8 Å². The third-order valence-electron chi connectivity index (χ3n) is 3.03. The van der Waals surface area contributed by atoms with Crippen molar-refractivity contribution in [2.24, 2.45) is 0 Å². The van der Waals surface area contributed by atoms with Crippen molar-refractivity contribution in [3.8, 4) is 11.5 Å². The van der Waals surface area contributed by atoms with Crippen molar-refractivity contribution in [1.29, 1.82) is 0 Å². The maximum atomic E-state index is 12.8. The highest BCUT2D eigenvalue weighted by Crippen LogP contribution is 2.19. The summed E-state index contributed by atoms with van der Waals surface area (Å²) in [4.78, 5) is 0. The molecule has 4 heteroatoms. The van der Waals surface area contributed by atoms with E-state index < -0.39 is 0 Å². The van der Waals surface area contributed by atoms with Crippen LogP contribution < -0.4 is 0 Å². The number of aromatic nitrogens is 2. The molecule has 0 bridgehead atoms. The first-order valence-electron chi connectivity index (χ1n) is 6.34. The lowest BCUT2D eigenvalue weighted by Gasteiger charge is -1.97. The fourth-order valence-corrected chi connectivity index (χ4v) is 1.91. The minimum Gasteiger partial charge on any atom is -0.420 e. The van der Waals surface area contributed by atoms with Crippen LogP contribution >= 0.6 is 0 Å². The zero-order valence-electron chi connectivity index (χ0n) is 11.0. The number of aryl methyl sites for hydroxylation is 1. The molecule has 1 aromatic heterocycles. The van der Waals surface area contributed by atoms with Crippen molar-refractivity contribution < 1.29 is 8.81 Å². The molecule has 0 unspecified atom stereocenters. The first kappa shape index (κ1) is 12.5. The summed E-state index contributed by atoms with van der Waals surface area (Å²) < 4.78 is 18.5. The molecule has 0 saturated carbocycles. The van der Waals surface area contributed by atoms with Crippen molar-refractivity contribution in [2.75, 3.05) is 0 Å². The van der Waals surface area contributed by atoms with Crippen molar-refractivity contribution in [3.05, 3.63) is 71.4 Å². The lowest BCUT2D eigenvalue weighted by atomic mass is 10.1. The Kier molecular flexibility index (Phi) is 3.29. The first-order valence-corrected chi connectivity index (χ1v) is 6.34. The Morgan fingerprint density at radius 3 is 2.35 bits per heavy atom. The highest BCUT2D eigenvalue weighted by molar-refractivity contribution is 5.52. The number of benzene rings is 2. The fraction of sp³-hybridized carbons (Fsp3) is 0.125. The van der Waals surface area contributed by atoms with Crippen LogP contribution in [-0.2, 0) is 6.42 Å². The van der Waals surface area contributed by atoms with E-state index in [-0.39, 0.29) is 5.82 Å². The van der Waals surface area contributed by atoms with Gasteiger partial charge in [0, 0.05) is 5.56 Å². The molecule has 0 spiro atoms. The average Bonchev–Trinajstić information content (AvgIpc) is 2.91. The molecular formula is C16H13FN2O. The van der Waals surface area contributed by atoms with Crippen LogP contribution in [0.3, 0.4) is 0 Å². The molecule has 0 radical (unpaired) electrons. The monoisotopic (exact) mass is 268 g/mol. The number of hydrogen-bond donors (Lipinski definition) is 0. The quantitative estimate of drug-likeness (QED) is 0.725. The van der Waals surface area contributed by atoms with Crippen molar-refractivity contribution in [3.63, 3.8) is 0 Å². The van der Waals surface area contributed by atoms with E-state index in [0.717, 1.165) is 11.1 Å². The number of nitrogens with zero attached hydrogens (tertiary/aromatic N) is 2. The molecule has 0 atom stereocenters. The fourth-order valence-electron chi connectivity index (χ4n) is 1.91. The highest BCUT2D eigenvalue weighted by Gasteiger charge is 2.09. The van der Waals surface area contributed by atoms with Gasteiger partial charge >= 0.3 is 0 Å². The summed E-state index contributed by atoms with van der Waals surface area (Å²) in [5, 5.41) is 8.06. The molecule has 0 fully saturated rings. The van der Waals surface area contributed by atoms with Gasteiger partial charge in [-0.05, 0) is 36.8 Å². The molecule has 0 aliphatic heterocycles. The maximum absolute atomic E-state index is 12.8. The summed E-state index contributed by atoms with van der Waals surface area (Å²) in [6.45, 7) is 2.03. The summed E-state index contributed by atoms with van der Waals surface area (Å²) in [6, 6.07) is 14.2. The second kappa shape index (κ2) is 5.25. The number of hydrogen-bond acceptors (Lipinski definition) is 3. The predicted octanol–water partition coefficient (Wildman–Crippen LogP) is 3.77. The van der Waals surface area contributed by atoms with Gasteiger partial charge in [0.15, 0.2) is 0 Å². The van der Waals surface area contributed by atoms with Crippen LogP contribution in [0.25, 0.3) is 11.5 Å². The topological polar surface area (TPSA) is 38.9 Å². The van der Waals surface area contributed by atoms with Crippen LogP contribution in [0, 0.1) is 12.7 Å². The molecule has 0 aliphatic rings. The van der Waals surface area contributed by atoms with Gasteiger partial charge in [-0.25, -0.2) is 4.39 Å². The molecule has 3 aromatic rings. The van der Waals surface area contributed by atoms with Crippen LogP contribution in [-0.4, -0.2) is 10.2 Å². The van der Waals surface area contributed by atoms with Gasteiger partial charge in [-0.3, -0.25) is 0 Å². The Balaban J connectivity index is 1.80.